The number of nitrogens with zero attached hydrogens (tertiary/aromatic N) is 4. The number of nitrogens with two attached hydrogens (primary N) is 2. The quantitative estimate of drug-likeness (QED) is 0.687. The van der Waals surface area contributed by atoms with E-state index in [2.05, 4.69) is 60.0 Å². The standard InChI is InChI=1S/C27H40N6O/c1-3-23-17-21(19-28)5-7-25(23)30-9-13-32(14-10-30)27(34)33-15-11-31(12-16-33)26-8-6-22(20-29)18-24(26)4-2/h5-8,17-18H,3-4,9-16,19-20,28-29H2,1-2H3. The van der Waals surface area contributed by atoms with Gasteiger partial charge < -0.3 is 31.1 Å². The summed E-state index contributed by atoms with van der Waals surface area (Å²) in [5, 5.41) is 0. The topological polar surface area (TPSA) is 82.1 Å². The third-order valence-electron chi connectivity index (χ3n) is 7.30. The molecule has 34 heavy (non-hydrogen) atoms. The van der Waals surface area contributed by atoms with Gasteiger partial charge in [0.1, 0.15) is 0 Å². The molecule has 2 aliphatic heterocycles. The number of benzene rings is 2. The summed E-state index contributed by atoms with van der Waals surface area (Å²) >= 11 is 0. The number of piperazine rings is 2. The highest BCUT2D eigenvalue weighted by atomic mass is 16.2. The van der Waals surface area contributed by atoms with Crippen molar-refractivity contribution in [3.63, 3.8) is 0 Å². The van der Waals surface area contributed by atoms with Crippen molar-refractivity contribution in [1.82, 2.24) is 9.80 Å². The maximum Gasteiger partial charge on any atom is 0.320 e. The lowest BCUT2D eigenvalue weighted by Crippen LogP contribution is -2.57. The van der Waals surface area contributed by atoms with Crippen LogP contribution < -0.4 is 21.3 Å². The van der Waals surface area contributed by atoms with Gasteiger partial charge in [0.2, 0.25) is 0 Å². The fourth-order valence-corrected chi connectivity index (χ4v) is 5.19. The molecule has 0 radical (unpaired) electrons. The lowest BCUT2D eigenvalue weighted by molar-refractivity contribution is 0.147. The summed E-state index contributed by atoms with van der Waals surface area (Å²) in [6, 6.07) is 13.3. The summed E-state index contributed by atoms with van der Waals surface area (Å²) in [7, 11) is 0. The van der Waals surface area contributed by atoms with E-state index in [0.29, 0.717) is 13.1 Å². The van der Waals surface area contributed by atoms with E-state index < -0.39 is 0 Å². The molecule has 0 unspecified atom stereocenters. The highest BCUT2D eigenvalue weighted by molar-refractivity contribution is 5.75. The first-order valence-corrected chi connectivity index (χ1v) is 12.7. The molecule has 2 aliphatic rings. The predicted octanol–water partition coefficient (Wildman–Crippen LogP) is 2.79. The van der Waals surface area contributed by atoms with Crippen LogP contribution in [0.1, 0.15) is 36.1 Å². The van der Waals surface area contributed by atoms with Gasteiger partial charge in [0.15, 0.2) is 0 Å². The van der Waals surface area contributed by atoms with E-state index >= 15 is 0 Å². The van der Waals surface area contributed by atoms with Crippen molar-refractivity contribution in [2.45, 2.75) is 39.8 Å². The number of amides is 2. The molecular formula is C27H40N6O. The second-order valence-corrected chi connectivity index (χ2v) is 9.27. The van der Waals surface area contributed by atoms with Gasteiger partial charge in [-0.05, 0) is 47.2 Å². The van der Waals surface area contributed by atoms with Crippen molar-refractivity contribution in [2.24, 2.45) is 11.5 Å². The number of anilines is 2. The van der Waals surface area contributed by atoms with Crippen molar-refractivity contribution in [3.05, 3.63) is 58.7 Å². The van der Waals surface area contributed by atoms with Gasteiger partial charge >= 0.3 is 6.03 Å². The van der Waals surface area contributed by atoms with E-state index in [4.69, 9.17) is 11.5 Å². The van der Waals surface area contributed by atoms with Crippen LogP contribution in [0, 0.1) is 0 Å². The molecule has 4 rings (SSSR count). The first kappa shape index (κ1) is 24.4. The normalized spacial score (nSPS) is 16.8. The number of aryl methyl sites for hydroxylation is 2. The van der Waals surface area contributed by atoms with Gasteiger partial charge in [0, 0.05) is 76.8 Å². The zero-order valence-electron chi connectivity index (χ0n) is 20.8. The number of hydrogen-bond acceptors (Lipinski definition) is 5. The van der Waals surface area contributed by atoms with Crippen LogP contribution >= 0.6 is 0 Å². The Morgan fingerprint density at radius 2 is 1.06 bits per heavy atom. The van der Waals surface area contributed by atoms with Crippen LogP contribution in [-0.2, 0) is 25.9 Å². The van der Waals surface area contributed by atoms with E-state index in [1.54, 1.807) is 0 Å². The fourth-order valence-electron chi connectivity index (χ4n) is 5.19. The van der Waals surface area contributed by atoms with E-state index in [-0.39, 0.29) is 6.03 Å². The summed E-state index contributed by atoms with van der Waals surface area (Å²) in [6.07, 6.45) is 1.97. The van der Waals surface area contributed by atoms with Gasteiger partial charge in [-0.1, -0.05) is 38.1 Å². The van der Waals surface area contributed by atoms with E-state index in [1.807, 2.05) is 9.80 Å². The van der Waals surface area contributed by atoms with Crippen LogP contribution in [0.5, 0.6) is 0 Å². The van der Waals surface area contributed by atoms with Crippen LogP contribution in [-0.4, -0.2) is 68.2 Å². The maximum absolute atomic E-state index is 13.2. The molecule has 0 bridgehead atoms. The van der Waals surface area contributed by atoms with Crippen molar-refractivity contribution < 1.29 is 4.79 Å². The Labute approximate surface area is 204 Å². The summed E-state index contributed by atoms with van der Waals surface area (Å²) in [6.45, 7) is 12.1. The molecule has 2 aromatic carbocycles. The molecule has 7 nitrogen and oxygen atoms in total. The number of urea groups is 1. The Kier molecular flexibility index (Phi) is 7.95. The van der Waals surface area contributed by atoms with Gasteiger partial charge in [0.25, 0.3) is 0 Å². The number of rotatable bonds is 6. The van der Waals surface area contributed by atoms with Gasteiger partial charge in [0.05, 0.1) is 0 Å². The molecule has 0 spiro atoms. The van der Waals surface area contributed by atoms with E-state index in [1.165, 1.54) is 33.6 Å². The molecule has 0 aliphatic carbocycles. The lowest BCUT2D eigenvalue weighted by Gasteiger charge is -2.42. The van der Waals surface area contributed by atoms with Crippen molar-refractivity contribution in [1.29, 1.82) is 0 Å². The second kappa shape index (κ2) is 11.1. The third kappa shape index (κ3) is 5.15. The minimum Gasteiger partial charge on any atom is -0.368 e. The molecule has 2 amide bonds. The Bertz CT molecular complexity index is 900. The molecule has 184 valence electrons. The van der Waals surface area contributed by atoms with Crippen LogP contribution in [0.4, 0.5) is 16.2 Å². The van der Waals surface area contributed by atoms with Crippen LogP contribution in [0.2, 0.25) is 0 Å². The minimum absolute atomic E-state index is 0.183. The SMILES string of the molecule is CCc1cc(CN)ccc1N1CCN(C(=O)N2CCN(c3ccc(CN)cc3CC)CC2)CC1. The second-order valence-electron chi connectivity index (χ2n) is 9.27. The molecule has 0 atom stereocenters. The number of carbonyl (C=O) groups excluding carboxylic acids is 1. The van der Waals surface area contributed by atoms with Crippen molar-refractivity contribution in [3.8, 4) is 0 Å². The van der Waals surface area contributed by atoms with Gasteiger partial charge in [-0.2, -0.15) is 0 Å². The number of hydrogen-bond donors (Lipinski definition) is 2. The predicted molar refractivity (Wildman–Crippen MR) is 140 cm³/mol. The zero-order valence-corrected chi connectivity index (χ0v) is 20.8. The van der Waals surface area contributed by atoms with Crippen LogP contribution in [0.15, 0.2) is 36.4 Å². The van der Waals surface area contributed by atoms with E-state index in [9.17, 15) is 4.79 Å². The smallest absolute Gasteiger partial charge is 0.320 e. The molecule has 2 heterocycles. The number of carbonyl (C=O) groups is 1. The molecule has 0 aromatic heterocycles. The van der Waals surface area contributed by atoms with Crippen LogP contribution in [0.25, 0.3) is 0 Å². The van der Waals surface area contributed by atoms with Crippen molar-refractivity contribution in [2.75, 3.05) is 62.2 Å². The summed E-state index contributed by atoms with van der Waals surface area (Å²) in [5.74, 6) is 0. The average Bonchev–Trinajstić information content (AvgIpc) is 2.92. The van der Waals surface area contributed by atoms with Gasteiger partial charge in [-0.15, -0.1) is 0 Å². The highest BCUT2D eigenvalue weighted by Gasteiger charge is 2.29. The molecule has 2 aromatic rings. The highest BCUT2D eigenvalue weighted by Crippen LogP contribution is 2.26. The fraction of sp³-hybridized carbons (Fsp3) is 0.519. The van der Waals surface area contributed by atoms with Crippen LogP contribution in [0.3, 0.4) is 0 Å². The summed E-state index contributed by atoms with van der Waals surface area (Å²) in [5.41, 5.74) is 19.2. The minimum atomic E-state index is 0.183. The summed E-state index contributed by atoms with van der Waals surface area (Å²) in [4.78, 5) is 22.1. The summed E-state index contributed by atoms with van der Waals surface area (Å²) < 4.78 is 0. The zero-order chi connectivity index (χ0) is 24.1. The maximum atomic E-state index is 13.2. The van der Waals surface area contributed by atoms with E-state index in [0.717, 1.165) is 65.2 Å². The molecule has 4 N–H and O–H groups in total. The third-order valence-corrected chi connectivity index (χ3v) is 7.30. The van der Waals surface area contributed by atoms with Gasteiger partial charge in [-0.25, -0.2) is 4.79 Å². The molecule has 0 saturated carbocycles. The monoisotopic (exact) mass is 464 g/mol. The Balaban J connectivity index is 1.32. The largest absolute Gasteiger partial charge is 0.368 e. The first-order chi connectivity index (χ1) is 16.6. The molecule has 7 heteroatoms. The molecular weight excluding hydrogens is 424 g/mol. The van der Waals surface area contributed by atoms with Gasteiger partial charge in [-0.3, -0.25) is 0 Å². The first-order valence-electron chi connectivity index (χ1n) is 12.7. The lowest BCUT2D eigenvalue weighted by atomic mass is 10.0. The van der Waals surface area contributed by atoms with Crippen molar-refractivity contribution >= 4 is 17.4 Å². The Hall–Kier alpha value is -2.77. The molecule has 2 saturated heterocycles. The Morgan fingerprint density at radius 1 is 0.676 bits per heavy atom. The Morgan fingerprint density at radius 3 is 1.38 bits per heavy atom. The average molecular weight is 465 g/mol. The molecule has 2 fully saturated rings.